The molecule has 0 aromatic carbocycles. The minimum atomic E-state index is -4.39. The number of hydrogen-bond acceptors (Lipinski definition) is 3. The largest absolute Gasteiger partial charge is 0.408 e. The minimum absolute atomic E-state index is 0.0125. The van der Waals surface area contributed by atoms with Gasteiger partial charge in [-0.05, 0) is 12.3 Å². The molecule has 2 N–H and O–H groups in total. The van der Waals surface area contributed by atoms with E-state index in [-0.39, 0.29) is 17.6 Å². The molecule has 24 heavy (non-hydrogen) atoms. The monoisotopic (exact) mass is 347 g/mol. The Kier molecular flexibility index (Phi) is 5.35. The quantitative estimate of drug-likeness (QED) is 0.872. The number of nitrogens with zero attached hydrogens (tertiary/aromatic N) is 3. The van der Waals surface area contributed by atoms with Crippen LogP contribution < -0.4 is 10.6 Å². The third-order valence-corrected chi connectivity index (χ3v) is 3.50. The lowest BCUT2D eigenvalue weighted by Gasteiger charge is -2.35. The van der Waals surface area contributed by atoms with Crippen molar-refractivity contribution in [3.05, 3.63) is 12.3 Å². The van der Waals surface area contributed by atoms with Crippen molar-refractivity contribution < 1.29 is 22.8 Å². The number of amides is 3. The molecule has 3 amide bonds. The second-order valence-electron chi connectivity index (χ2n) is 6.07. The summed E-state index contributed by atoms with van der Waals surface area (Å²) in [4.78, 5) is 25.7. The number of hydrogen-bond donors (Lipinski definition) is 2. The summed E-state index contributed by atoms with van der Waals surface area (Å²) in [7, 11) is 0. The predicted octanol–water partition coefficient (Wildman–Crippen LogP) is 1.82. The van der Waals surface area contributed by atoms with Gasteiger partial charge in [-0.1, -0.05) is 13.8 Å². The Bertz CT molecular complexity index is 599. The number of piperazine rings is 1. The normalized spacial score (nSPS) is 18.7. The molecular formula is C14H20F3N5O2. The molecule has 134 valence electrons. The van der Waals surface area contributed by atoms with Gasteiger partial charge in [-0.15, -0.1) is 0 Å². The van der Waals surface area contributed by atoms with Gasteiger partial charge in [0.15, 0.2) is 5.82 Å². The Balaban J connectivity index is 2.03. The number of carbonyl (C=O) groups excluding carboxylic acids is 2. The van der Waals surface area contributed by atoms with Gasteiger partial charge < -0.3 is 10.2 Å². The highest BCUT2D eigenvalue weighted by Gasteiger charge is 2.34. The molecule has 1 fully saturated rings. The molecular weight excluding hydrogens is 327 g/mol. The highest BCUT2D eigenvalue weighted by Crippen LogP contribution is 2.19. The Morgan fingerprint density at radius 2 is 2.21 bits per heavy atom. The fourth-order valence-corrected chi connectivity index (χ4v) is 2.52. The maximum absolute atomic E-state index is 12.4. The number of anilines is 1. The van der Waals surface area contributed by atoms with Gasteiger partial charge in [-0.2, -0.15) is 18.3 Å². The van der Waals surface area contributed by atoms with Crippen molar-refractivity contribution >= 4 is 17.8 Å². The predicted molar refractivity (Wildman–Crippen MR) is 80.3 cm³/mol. The van der Waals surface area contributed by atoms with E-state index in [1.54, 1.807) is 0 Å². The lowest BCUT2D eigenvalue weighted by atomic mass is 10.0. The number of alkyl halides is 3. The van der Waals surface area contributed by atoms with Crippen LogP contribution in [0.1, 0.15) is 20.3 Å². The molecule has 2 rings (SSSR count). The van der Waals surface area contributed by atoms with Crippen LogP contribution in [0.15, 0.2) is 12.3 Å². The molecule has 1 aliphatic heterocycles. The van der Waals surface area contributed by atoms with Crippen LogP contribution in [0, 0.1) is 5.92 Å². The van der Waals surface area contributed by atoms with Crippen LogP contribution in [0.25, 0.3) is 0 Å². The van der Waals surface area contributed by atoms with Gasteiger partial charge in [-0.25, -0.2) is 4.79 Å². The molecule has 1 aromatic heterocycles. The summed E-state index contributed by atoms with van der Waals surface area (Å²) < 4.78 is 37.7. The van der Waals surface area contributed by atoms with Crippen LogP contribution in [0.2, 0.25) is 0 Å². The summed E-state index contributed by atoms with van der Waals surface area (Å²) >= 11 is 0. The van der Waals surface area contributed by atoms with E-state index in [1.165, 1.54) is 11.0 Å². The van der Waals surface area contributed by atoms with Gasteiger partial charge in [0.1, 0.15) is 12.6 Å². The molecule has 1 aliphatic rings. The maximum Gasteiger partial charge on any atom is 0.408 e. The molecule has 2 heterocycles. The number of aromatic nitrogens is 2. The van der Waals surface area contributed by atoms with Crippen molar-refractivity contribution in [2.45, 2.75) is 39.0 Å². The van der Waals surface area contributed by atoms with Gasteiger partial charge in [0.05, 0.1) is 0 Å². The van der Waals surface area contributed by atoms with Crippen molar-refractivity contribution in [1.82, 2.24) is 20.0 Å². The van der Waals surface area contributed by atoms with Crippen molar-refractivity contribution in [1.29, 1.82) is 0 Å². The van der Waals surface area contributed by atoms with Gasteiger partial charge in [0.2, 0.25) is 5.91 Å². The first-order valence-corrected chi connectivity index (χ1v) is 7.61. The van der Waals surface area contributed by atoms with Crippen LogP contribution in [-0.4, -0.2) is 51.9 Å². The van der Waals surface area contributed by atoms with Gasteiger partial charge in [0.25, 0.3) is 0 Å². The summed E-state index contributed by atoms with van der Waals surface area (Å²) in [6.45, 7) is 3.32. The van der Waals surface area contributed by atoms with Gasteiger partial charge in [0, 0.05) is 25.4 Å². The second kappa shape index (κ2) is 7.10. The van der Waals surface area contributed by atoms with Crippen molar-refractivity contribution in [2.75, 3.05) is 18.4 Å². The molecule has 7 nitrogen and oxygen atoms in total. The average molecular weight is 347 g/mol. The summed E-state index contributed by atoms with van der Waals surface area (Å²) in [5.74, 6) is -0.00799. The highest BCUT2D eigenvalue weighted by molar-refractivity contribution is 5.94. The van der Waals surface area contributed by atoms with E-state index in [0.29, 0.717) is 24.2 Å². The molecule has 1 saturated heterocycles. The molecule has 0 aliphatic carbocycles. The SMILES string of the molecule is CC(C)CC1C(=O)NCCN1C(=O)Nc1ccn(CC(F)(F)F)n1. The summed E-state index contributed by atoms with van der Waals surface area (Å²) in [6, 6.07) is 0.134. The second-order valence-corrected chi connectivity index (χ2v) is 6.07. The van der Waals surface area contributed by atoms with Crippen LogP contribution >= 0.6 is 0 Å². The Hall–Kier alpha value is -2.26. The fourth-order valence-electron chi connectivity index (χ4n) is 2.52. The fraction of sp³-hybridized carbons (Fsp3) is 0.643. The van der Waals surface area contributed by atoms with Crippen LogP contribution in [0.3, 0.4) is 0 Å². The summed E-state index contributed by atoms with van der Waals surface area (Å²) in [6.07, 6.45) is -2.75. The number of urea groups is 1. The van der Waals surface area contributed by atoms with E-state index in [9.17, 15) is 22.8 Å². The molecule has 0 spiro atoms. The summed E-state index contributed by atoms with van der Waals surface area (Å²) in [5, 5.41) is 8.83. The minimum Gasteiger partial charge on any atom is -0.353 e. The van der Waals surface area contributed by atoms with Crippen LogP contribution in [0.4, 0.5) is 23.8 Å². The van der Waals surface area contributed by atoms with E-state index in [1.807, 2.05) is 13.8 Å². The van der Waals surface area contributed by atoms with Gasteiger partial charge in [-0.3, -0.25) is 14.8 Å². The zero-order chi connectivity index (χ0) is 17.9. The van der Waals surface area contributed by atoms with E-state index >= 15 is 0 Å². The maximum atomic E-state index is 12.4. The molecule has 0 saturated carbocycles. The third-order valence-electron chi connectivity index (χ3n) is 3.50. The van der Waals surface area contributed by atoms with E-state index in [2.05, 4.69) is 15.7 Å². The molecule has 10 heteroatoms. The first kappa shape index (κ1) is 18.1. The van der Waals surface area contributed by atoms with Crippen molar-refractivity contribution in [3.63, 3.8) is 0 Å². The van der Waals surface area contributed by atoms with E-state index in [4.69, 9.17) is 0 Å². The first-order chi connectivity index (χ1) is 11.2. The van der Waals surface area contributed by atoms with Crippen molar-refractivity contribution in [2.24, 2.45) is 5.92 Å². The van der Waals surface area contributed by atoms with Crippen LogP contribution in [0.5, 0.6) is 0 Å². The van der Waals surface area contributed by atoms with E-state index in [0.717, 1.165) is 6.20 Å². The van der Waals surface area contributed by atoms with E-state index < -0.39 is 24.8 Å². The van der Waals surface area contributed by atoms with Crippen LogP contribution in [-0.2, 0) is 11.3 Å². The Morgan fingerprint density at radius 3 is 2.83 bits per heavy atom. The number of nitrogens with one attached hydrogen (secondary N) is 2. The molecule has 1 unspecified atom stereocenters. The Labute approximate surface area is 137 Å². The van der Waals surface area contributed by atoms with Gasteiger partial charge >= 0.3 is 12.2 Å². The highest BCUT2D eigenvalue weighted by atomic mass is 19.4. The molecule has 1 atom stereocenters. The topological polar surface area (TPSA) is 79.3 Å². The standard InChI is InChI=1S/C14H20F3N5O2/c1-9(2)7-10-12(23)18-4-6-22(10)13(24)19-11-3-5-21(20-11)8-14(15,16)17/h3,5,9-10H,4,6-8H2,1-2H3,(H,18,23)(H,19,20,24). The lowest BCUT2D eigenvalue weighted by molar-refractivity contribution is -0.142. The lowest BCUT2D eigenvalue weighted by Crippen LogP contribution is -2.58. The molecule has 0 radical (unpaired) electrons. The Morgan fingerprint density at radius 1 is 1.50 bits per heavy atom. The van der Waals surface area contributed by atoms with Crippen molar-refractivity contribution in [3.8, 4) is 0 Å². The smallest absolute Gasteiger partial charge is 0.353 e. The molecule has 0 bridgehead atoms. The third kappa shape index (κ3) is 4.87. The summed E-state index contributed by atoms with van der Waals surface area (Å²) in [5.41, 5.74) is 0. The first-order valence-electron chi connectivity index (χ1n) is 7.61. The number of carbonyl (C=O) groups is 2. The zero-order valence-electron chi connectivity index (χ0n) is 13.4. The number of rotatable bonds is 4. The number of halogens is 3. The zero-order valence-corrected chi connectivity index (χ0v) is 13.4. The average Bonchev–Trinajstić information content (AvgIpc) is 2.85. The molecule has 1 aromatic rings.